The van der Waals surface area contributed by atoms with Gasteiger partial charge in [-0.05, 0) is 31.4 Å². The molecule has 5 heteroatoms. The molecule has 0 saturated carbocycles. The molecule has 2 amide bonds. The van der Waals surface area contributed by atoms with Gasteiger partial charge in [0.1, 0.15) is 17.6 Å². The van der Waals surface area contributed by atoms with Gasteiger partial charge in [-0.15, -0.1) is 0 Å². The standard InChI is InChI=1S/C17H24N2O3/c1-2-12-7-9-15(22-12)14-6-4-3-5-11-19(14)17(21)13-8-10-16(20)18-13/h7,9,13-14H,2-6,8,10-11H2,1H3,(H,18,20). The minimum Gasteiger partial charge on any atom is -0.464 e. The lowest BCUT2D eigenvalue weighted by Crippen LogP contribution is -2.46. The zero-order valence-electron chi connectivity index (χ0n) is 13.1. The number of carbonyl (C=O) groups is 2. The van der Waals surface area contributed by atoms with E-state index in [1.54, 1.807) is 0 Å². The first kappa shape index (κ1) is 15.1. The van der Waals surface area contributed by atoms with Crippen molar-refractivity contribution in [3.63, 3.8) is 0 Å². The number of carbonyl (C=O) groups excluding carboxylic acids is 2. The number of rotatable bonds is 3. The van der Waals surface area contributed by atoms with Gasteiger partial charge in [0.2, 0.25) is 11.8 Å². The van der Waals surface area contributed by atoms with Crippen LogP contribution in [0.25, 0.3) is 0 Å². The molecule has 0 radical (unpaired) electrons. The Bertz CT molecular complexity index is 552. The van der Waals surface area contributed by atoms with Crippen LogP contribution in [0.15, 0.2) is 16.5 Å². The molecule has 0 aliphatic carbocycles. The molecular formula is C17H24N2O3. The summed E-state index contributed by atoms with van der Waals surface area (Å²) in [5.74, 6) is 1.88. The first-order chi connectivity index (χ1) is 10.7. The summed E-state index contributed by atoms with van der Waals surface area (Å²) < 4.78 is 5.91. The predicted molar refractivity (Wildman–Crippen MR) is 82.2 cm³/mol. The van der Waals surface area contributed by atoms with Gasteiger partial charge in [-0.3, -0.25) is 9.59 Å². The normalized spacial score (nSPS) is 25.9. The average molecular weight is 304 g/mol. The van der Waals surface area contributed by atoms with Gasteiger partial charge < -0.3 is 14.6 Å². The lowest BCUT2D eigenvalue weighted by atomic mass is 10.1. The van der Waals surface area contributed by atoms with E-state index in [9.17, 15) is 9.59 Å². The van der Waals surface area contributed by atoms with Crippen LogP contribution in [0.4, 0.5) is 0 Å². The van der Waals surface area contributed by atoms with E-state index in [4.69, 9.17) is 4.42 Å². The molecule has 3 heterocycles. The molecule has 1 aromatic rings. The van der Waals surface area contributed by atoms with Crippen molar-refractivity contribution in [2.75, 3.05) is 6.54 Å². The quantitative estimate of drug-likeness (QED) is 0.933. The van der Waals surface area contributed by atoms with Crippen molar-refractivity contribution in [1.82, 2.24) is 10.2 Å². The van der Waals surface area contributed by atoms with E-state index in [1.807, 2.05) is 17.0 Å². The van der Waals surface area contributed by atoms with Gasteiger partial charge in [0, 0.05) is 19.4 Å². The minimum atomic E-state index is -0.353. The van der Waals surface area contributed by atoms with Crippen LogP contribution in [0.2, 0.25) is 0 Å². The zero-order valence-corrected chi connectivity index (χ0v) is 13.1. The Hall–Kier alpha value is -1.78. The second-order valence-electron chi connectivity index (χ2n) is 6.21. The summed E-state index contributed by atoms with van der Waals surface area (Å²) in [4.78, 5) is 26.2. The highest BCUT2D eigenvalue weighted by Gasteiger charge is 2.36. The van der Waals surface area contributed by atoms with E-state index >= 15 is 0 Å². The fraction of sp³-hybridized carbons (Fsp3) is 0.647. The Morgan fingerprint density at radius 3 is 2.86 bits per heavy atom. The van der Waals surface area contributed by atoms with E-state index < -0.39 is 0 Å². The van der Waals surface area contributed by atoms with Crippen molar-refractivity contribution in [3.8, 4) is 0 Å². The molecule has 2 aliphatic rings. The Morgan fingerprint density at radius 1 is 1.32 bits per heavy atom. The molecule has 1 aromatic heterocycles. The number of hydrogen-bond acceptors (Lipinski definition) is 3. The maximum Gasteiger partial charge on any atom is 0.245 e. The molecule has 5 nitrogen and oxygen atoms in total. The molecule has 2 aliphatic heterocycles. The van der Waals surface area contributed by atoms with Crippen molar-refractivity contribution in [2.45, 2.75) is 64.0 Å². The summed E-state index contributed by atoms with van der Waals surface area (Å²) in [6.45, 7) is 2.81. The number of aryl methyl sites for hydroxylation is 1. The summed E-state index contributed by atoms with van der Waals surface area (Å²) in [5, 5.41) is 2.80. The van der Waals surface area contributed by atoms with Crippen molar-refractivity contribution < 1.29 is 14.0 Å². The molecule has 22 heavy (non-hydrogen) atoms. The predicted octanol–water partition coefficient (Wildman–Crippen LogP) is 2.56. The smallest absolute Gasteiger partial charge is 0.245 e. The van der Waals surface area contributed by atoms with Crippen LogP contribution in [0.1, 0.15) is 63.0 Å². The SMILES string of the molecule is CCc1ccc(C2CCCCCN2C(=O)C2CCC(=O)N2)o1. The van der Waals surface area contributed by atoms with Crippen LogP contribution < -0.4 is 5.32 Å². The highest BCUT2D eigenvalue weighted by Crippen LogP contribution is 2.32. The van der Waals surface area contributed by atoms with E-state index in [0.29, 0.717) is 12.8 Å². The summed E-state index contributed by atoms with van der Waals surface area (Å²) in [6, 6.07) is 3.66. The van der Waals surface area contributed by atoms with Crippen LogP contribution >= 0.6 is 0 Å². The second kappa shape index (κ2) is 6.55. The number of likely N-dealkylation sites (tertiary alicyclic amines) is 1. The lowest BCUT2D eigenvalue weighted by Gasteiger charge is -2.30. The average Bonchev–Trinajstić information content (AvgIpc) is 3.10. The van der Waals surface area contributed by atoms with Gasteiger partial charge in [0.15, 0.2) is 0 Å². The van der Waals surface area contributed by atoms with Gasteiger partial charge in [-0.25, -0.2) is 0 Å². The maximum absolute atomic E-state index is 12.8. The van der Waals surface area contributed by atoms with Crippen LogP contribution in [-0.4, -0.2) is 29.3 Å². The van der Waals surface area contributed by atoms with E-state index in [-0.39, 0.29) is 23.9 Å². The van der Waals surface area contributed by atoms with Gasteiger partial charge in [0.05, 0.1) is 6.04 Å². The summed E-state index contributed by atoms with van der Waals surface area (Å²) in [6.07, 6.45) is 6.12. The molecule has 2 saturated heterocycles. The number of hydrogen-bond donors (Lipinski definition) is 1. The number of amides is 2. The summed E-state index contributed by atoms with van der Waals surface area (Å²) in [5.41, 5.74) is 0. The topological polar surface area (TPSA) is 62.6 Å². The number of furan rings is 1. The molecular weight excluding hydrogens is 280 g/mol. The molecule has 1 N–H and O–H groups in total. The highest BCUT2D eigenvalue weighted by atomic mass is 16.3. The second-order valence-corrected chi connectivity index (χ2v) is 6.21. The maximum atomic E-state index is 12.8. The molecule has 2 atom stereocenters. The molecule has 0 bridgehead atoms. The molecule has 0 aromatic carbocycles. The van der Waals surface area contributed by atoms with Crippen molar-refractivity contribution >= 4 is 11.8 Å². The Labute approximate surface area is 131 Å². The monoisotopic (exact) mass is 304 g/mol. The Balaban J connectivity index is 1.81. The number of nitrogens with one attached hydrogen (secondary N) is 1. The largest absolute Gasteiger partial charge is 0.464 e. The Kier molecular flexibility index (Phi) is 4.50. The molecule has 0 spiro atoms. The third-order valence-corrected chi connectivity index (χ3v) is 4.69. The van der Waals surface area contributed by atoms with Gasteiger partial charge in [-0.2, -0.15) is 0 Å². The lowest BCUT2D eigenvalue weighted by molar-refractivity contribution is -0.137. The molecule has 2 fully saturated rings. The van der Waals surface area contributed by atoms with Crippen molar-refractivity contribution in [1.29, 1.82) is 0 Å². The van der Waals surface area contributed by atoms with Crippen molar-refractivity contribution in [3.05, 3.63) is 23.7 Å². The zero-order chi connectivity index (χ0) is 15.5. The van der Waals surface area contributed by atoms with Crippen molar-refractivity contribution in [2.24, 2.45) is 0 Å². The number of nitrogens with zero attached hydrogens (tertiary/aromatic N) is 1. The third-order valence-electron chi connectivity index (χ3n) is 4.69. The van der Waals surface area contributed by atoms with Crippen LogP contribution in [0, 0.1) is 0 Å². The van der Waals surface area contributed by atoms with E-state index in [1.165, 1.54) is 0 Å². The summed E-state index contributed by atoms with van der Waals surface area (Å²) >= 11 is 0. The third kappa shape index (κ3) is 3.03. The minimum absolute atomic E-state index is 0.00722. The van der Waals surface area contributed by atoms with Gasteiger partial charge in [0.25, 0.3) is 0 Å². The van der Waals surface area contributed by atoms with Crippen LogP contribution in [0.3, 0.4) is 0 Å². The molecule has 3 rings (SSSR count). The molecule has 2 unspecified atom stereocenters. The first-order valence-corrected chi connectivity index (χ1v) is 8.37. The van der Waals surface area contributed by atoms with E-state index in [2.05, 4.69) is 12.2 Å². The van der Waals surface area contributed by atoms with Crippen LogP contribution in [-0.2, 0) is 16.0 Å². The fourth-order valence-electron chi connectivity index (χ4n) is 3.43. The Morgan fingerprint density at radius 2 is 2.18 bits per heavy atom. The first-order valence-electron chi connectivity index (χ1n) is 8.37. The molecule has 120 valence electrons. The van der Waals surface area contributed by atoms with E-state index in [0.717, 1.165) is 50.2 Å². The summed E-state index contributed by atoms with van der Waals surface area (Å²) in [7, 11) is 0. The van der Waals surface area contributed by atoms with Crippen LogP contribution in [0.5, 0.6) is 0 Å². The van der Waals surface area contributed by atoms with Gasteiger partial charge >= 0.3 is 0 Å². The van der Waals surface area contributed by atoms with Gasteiger partial charge in [-0.1, -0.05) is 19.8 Å². The fourth-order valence-corrected chi connectivity index (χ4v) is 3.43. The highest BCUT2D eigenvalue weighted by molar-refractivity contribution is 5.91.